The predicted octanol–water partition coefficient (Wildman–Crippen LogP) is 2.72. The van der Waals surface area contributed by atoms with Gasteiger partial charge >= 0.3 is 12.1 Å². The summed E-state index contributed by atoms with van der Waals surface area (Å²) in [6.07, 6.45) is 3.44. The molecule has 0 radical (unpaired) electrons. The first-order chi connectivity index (χ1) is 13.7. The van der Waals surface area contributed by atoms with Crippen molar-refractivity contribution in [2.45, 2.75) is 64.2 Å². The summed E-state index contributed by atoms with van der Waals surface area (Å²) < 4.78 is 21.4. The van der Waals surface area contributed by atoms with Gasteiger partial charge in [-0.15, -0.1) is 0 Å². The fourth-order valence-corrected chi connectivity index (χ4v) is 3.17. The summed E-state index contributed by atoms with van der Waals surface area (Å²) in [7, 11) is 2.95. The molecule has 1 amide bonds. The molecule has 1 fully saturated rings. The Balaban J connectivity index is 1.74. The van der Waals surface area contributed by atoms with E-state index >= 15 is 0 Å². The van der Waals surface area contributed by atoms with Crippen LogP contribution >= 0.6 is 0 Å². The topological polar surface area (TPSA) is 103 Å². The Bertz CT molecular complexity index is 664. The first-order valence-electron chi connectivity index (χ1n) is 9.95. The van der Waals surface area contributed by atoms with Crippen molar-refractivity contribution in [1.29, 1.82) is 0 Å². The lowest BCUT2D eigenvalue weighted by molar-refractivity contribution is 0.00968. The van der Waals surface area contributed by atoms with E-state index in [1.165, 1.54) is 20.4 Å². The van der Waals surface area contributed by atoms with Gasteiger partial charge in [-0.05, 0) is 46.5 Å². The lowest BCUT2D eigenvalue weighted by atomic mass is 10.1. The molecule has 2 unspecified atom stereocenters. The average molecular weight is 411 g/mol. The molecular formula is C20H33N3O6. The van der Waals surface area contributed by atoms with Gasteiger partial charge in [0.15, 0.2) is 0 Å². The molecule has 2 atom stereocenters. The van der Waals surface area contributed by atoms with Gasteiger partial charge in [-0.1, -0.05) is 0 Å². The van der Waals surface area contributed by atoms with Crippen LogP contribution in [-0.4, -0.2) is 71.7 Å². The fraction of sp³-hybridized carbons (Fsp3) is 0.750. The van der Waals surface area contributed by atoms with Crippen LogP contribution in [0.1, 0.15) is 58.1 Å². The standard InChI is InChI=1S/C20H33N3O6/c1-20(2,3)29-19(25)23-10-6-8-14(23)13-28-11-7-9-16(24)15-12-21-18(27-5)22-17(15)26-4/h12,14,16,24H,6-11,13H2,1-5H3. The number of carbonyl (C=O) groups excluding carboxylic acids is 1. The SMILES string of the molecule is COc1ncc(C(O)CCCOCC2CCCN2C(=O)OC(C)(C)C)c(OC)n1. The lowest BCUT2D eigenvalue weighted by Gasteiger charge is -2.28. The number of aliphatic hydroxyl groups excluding tert-OH is 1. The average Bonchev–Trinajstić information content (AvgIpc) is 3.14. The molecule has 1 N–H and O–H groups in total. The normalized spacial score (nSPS) is 17.9. The van der Waals surface area contributed by atoms with Crippen molar-refractivity contribution in [2.24, 2.45) is 0 Å². The second-order valence-electron chi connectivity index (χ2n) is 8.02. The van der Waals surface area contributed by atoms with Gasteiger partial charge in [-0.2, -0.15) is 4.98 Å². The molecule has 1 aromatic heterocycles. The van der Waals surface area contributed by atoms with E-state index in [0.717, 1.165) is 12.8 Å². The summed E-state index contributed by atoms with van der Waals surface area (Å²) in [5.74, 6) is 0.296. The Morgan fingerprint density at radius 3 is 2.76 bits per heavy atom. The number of carbonyl (C=O) groups is 1. The van der Waals surface area contributed by atoms with E-state index in [4.69, 9.17) is 18.9 Å². The second-order valence-corrected chi connectivity index (χ2v) is 8.02. The first kappa shape index (κ1) is 23.2. The Morgan fingerprint density at radius 2 is 2.10 bits per heavy atom. The number of rotatable bonds is 9. The Kier molecular flexibility index (Phi) is 8.45. The lowest BCUT2D eigenvalue weighted by Crippen LogP contribution is -2.41. The maximum absolute atomic E-state index is 12.3. The molecule has 1 saturated heterocycles. The van der Waals surface area contributed by atoms with Crippen molar-refractivity contribution in [2.75, 3.05) is 34.0 Å². The summed E-state index contributed by atoms with van der Waals surface area (Å²) in [4.78, 5) is 22.1. The molecular weight excluding hydrogens is 378 g/mol. The van der Waals surface area contributed by atoms with Crippen molar-refractivity contribution >= 4 is 6.09 Å². The number of hydrogen-bond donors (Lipinski definition) is 1. The van der Waals surface area contributed by atoms with Crippen LogP contribution in [0.15, 0.2) is 6.20 Å². The minimum absolute atomic E-state index is 0.0323. The van der Waals surface area contributed by atoms with Gasteiger partial charge < -0.3 is 29.0 Å². The van der Waals surface area contributed by atoms with Gasteiger partial charge in [0.2, 0.25) is 5.88 Å². The van der Waals surface area contributed by atoms with Crippen LogP contribution < -0.4 is 9.47 Å². The Labute approximate surface area is 172 Å². The van der Waals surface area contributed by atoms with E-state index in [9.17, 15) is 9.90 Å². The third-order valence-corrected chi connectivity index (χ3v) is 4.57. The van der Waals surface area contributed by atoms with Crippen LogP contribution in [-0.2, 0) is 9.47 Å². The van der Waals surface area contributed by atoms with Crippen LogP contribution in [0.25, 0.3) is 0 Å². The zero-order valence-corrected chi connectivity index (χ0v) is 18.0. The predicted molar refractivity (Wildman–Crippen MR) is 106 cm³/mol. The monoisotopic (exact) mass is 411 g/mol. The van der Waals surface area contributed by atoms with Crippen molar-refractivity contribution in [3.8, 4) is 11.9 Å². The summed E-state index contributed by atoms with van der Waals surface area (Å²) >= 11 is 0. The summed E-state index contributed by atoms with van der Waals surface area (Å²) in [5, 5.41) is 10.4. The maximum atomic E-state index is 12.3. The van der Waals surface area contributed by atoms with E-state index in [0.29, 0.717) is 44.0 Å². The summed E-state index contributed by atoms with van der Waals surface area (Å²) in [5.41, 5.74) is 0.00757. The van der Waals surface area contributed by atoms with E-state index in [-0.39, 0.29) is 18.1 Å². The smallest absolute Gasteiger partial charge is 0.410 e. The number of likely N-dealkylation sites (tertiary alicyclic amines) is 1. The third kappa shape index (κ3) is 7.01. The van der Waals surface area contributed by atoms with Crippen LogP contribution in [0.3, 0.4) is 0 Å². The van der Waals surface area contributed by atoms with Crippen LogP contribution in [0, 0.1) is 0 Å². The third-order valence-electron chi connectivity index (χ3n) is 4.57. The molecule has 1 aromatic rings. The minimum Gasteiger partial charge on any atom is -0.481 e. The molecule has 2 heterocycles. The van der Waals surface area contributed by atoms with Crippen molar-refractivity contribution < 1.29 is 28.8 Å². The number of methoxy groups -OCH3 is 2. The zero-order chi connectivity index (χ0) is 21.4. The van der Waals surface area contributed by atoms with Crippen LogP contribution in [0.5, 0.6) is 11.9 Å². The van der Waals surface area contributed by atoms with Gasteiger partial charge in [-0.25, -0.2) is 9.78 Å². The molecule has 0 aliphatic carbocycles. The molecule has 1 aliphatic rings. The first-order valence-corrected chi connectivity index (χ1v) is 9.95. The second kappa shape index (κ2) is 10.6. The number of nitrogens with zero attached hydrogens (tertiary/aromatic N) is 3. The van der Waals surface area contributed by atoms with Gasteiger partial charge in [0.25, 0.3) is 0 Å². The van der Waals surface area contributed by atoms with E-state index in [1.54, 1.807) is 4.90 Å². The fourth-order valence-electron chi connectivity index (χ4n) is 3.17. The zero-order valence-electron chi connectivity index (χ0n) is 18.0. The summed E-state index contributed by atoms with van der Waals surface area (Å²) in [6.45, 7) is 7.22. The molecule has 0 aromatic carbocycles. The molecule has 0 bridgehead atoms. The van der Waals surface area contributed by atoms with Crippen LogP contribution in [0.2, 0.25) is 0 Å². The van der Waals surface area contributed by atoms with Gasteiger partial charge in [-0.3, -0.25) is 0 Å². The number of aromatic nitrogens is 2. The van der Waals surface area contributed by atoms with E-state index in [1.807, 2.05) is 20.8 Å². The largest absolute Gasteiger partial charge is 0.481 e. The van der Waals surface area contributed by atoms with Gasteiger partial charge in [0.1, 0.15) is 5.60 Å². The number of ether oxygens (including phenoxy) is 4. The molecule has 0 saturated carbocycles. The maximum Gasteiger partial charge on any atom is 0.410 e. The van der Waals surface area contributed by atoms with Crippen molar-refractivity contribution in [3.63, 3.8) is 0 Å². The Morgan fingerprint density at radius 1 is 1.34 bits per heavy atom. The van der Waals surface area contributed by atoms with Crippen molar-refractivity contribution in [1.82, 2.24) is 14.9 Å². The Hall–Kier alpha value is -2.13. The highest BCUT2D eigenvalue weighted by molar-refractivity contribution is 5.68. The molecule has 0 spiro atoms. The van der Waals surface area contributed by atoms with Gasteiger partial charge in [0, 0.05) is 19.3 Å². The molecule has 2 rings (SSSR count). The molecule has 29 heavy (non-hydrogen) atoms. The highest BCUT2D eigenvalue weighted by atomic mass is 16.6. The summed E-state index contributed by atoms with van der Waals surface area (Å²) in [6, 6.07) is 0.220. The number of aliphatic hydroxyl groups is 1. The number of amides is 1. The molecule has 164 valence electrons. The highest BCUT2D eigenvalue weighted by Gasteiger charge is 2.32. The molecule has 9 heteroatoms. The minimum atomic E-state index is -0.760. The van der Waals surface area contributed by atoms with E-state index in [2.05, 4.69) is 9.97 Å². The van der Waals surface area contributed by atoms with Gasteiger partial charge in [0.05, 0.1) is 38.5 Å². The van der Waals surface area contributed by atoms with Crippen molar-refractivity contribution in [3.05, 3.63) is 11.8 Å². The van der Waals surface area contributed by atoms with E-state index < -0.39 is 11.7 Å². The quantitative estimate of drug-likeness (QED) is 0.619. The number of hydrogen-bond acceptors (Lipinski definition) is 8. The molecule has 9 nitrogen and oxygen atoms in total. The highest BCUT2D eigenvalue weighted by Crippen LogP contribution is 2.27. The van der Waals surface area contributed by atoms with Crippen LogP contribution in [0.4, 0.5) is 4.79 Å². The molecule has 1 aliphatic heterocycles.